The molecule has 0 bridgehead atoms. The average molecular weight is 688 g/mol. The van der Waals surface area contributed by atoms with Crippen molar-refractivity contribution in [2.75, 3.05) is 10.6 Å². The molecule has 49 heavy (non-hydrogen) atoms. The van der Waals surface area contributed by atoms with Crippen molar-refractivity contribution in [3.8, 4) is 17.2 Å². The number of hydrogen-bond donors (Lipinski definition) is 3. The minimum atomic E-state index is -0.620. The fourth-order valence-electron chi connectivity index (χ4n) is 4.72. The molecule has 0 saturated heterocycles. The molecule has 5 rings (SSSR count). The number of nitro benzene ring substituents is 1. The van der Waals surface area contributed by atoms with E-state index in [1.54, 1.807) is 48.5 Å². The second-order valence-corrected chi connectivity index (χ2v) is 12.7. The summed E-state index contributed by atoms with van der Waals surface area (Å²) in [5.74, 6) is -1.38. The SMILES string of the molecule is CCC(Sc1cccc(NC(=O)/C(=C\c2ccc([N+](=O)[O-])cc2)NC(=O)c2ccccc2)c1)C(=O)Nc1scc(-c2ccccc2)c1C#N. The lowest BCUT2D eigenvalue weighted by Gasteiger charge is -2.16. The maximum atomic E-state index is 13.5. The normalized spacial score (nSPS) is 11.6. The molecule has 0 aliphatic rings. The van der Waals surface area contributed by atoms with Crippen molar-refractivity contribution in [1.29, 1.82) is 5.26 Å². The molecule has 1 unspecified atom stereocenters. The van der Waals surface area contributed by atoms with Crippen LogP contribution in [-0.2, 0) is 9.59 Å². The second kappa shape index (κ2) is 16.2. The molecule has 3 N–H and O–H groups in total. The highest BCUT2D eigenvalue weighted by Crippen LogP contribution is 2.36. The van der Waals surface area contributed by atoms with Crippen LogP contribution in [0.15, 0.2) is 125 Å². The summed E-state index contributed by atoms with van der Waals surface area (Å²) in [6, 6.07) is 32.7. The molecule has 0 aliphatic heterocycles. The fourth-order valence-corrected chi connectivity index (χ4v) is 6.65. The molecule has 10 nitrogen and oxygen atoms in total. The zero-order valence-electron chi connectivity index (χ0n) is 26.1. The number of hydrogen-bond acceptors (Lipinski definition) is 8. The first-order valence-electron chi connectivity index (χ1n) is 15.0. The number of nitro groups is 1. The smallest absolute Gasteiger partial charge is 0.272 e. The van der Waals surface area contributed by atoms with E-state index in [-0.39, 0.29) is 17.3 Å². The first-order valence-corrected chi connectivity index (χ1v) is 16.8. The van der Waals surface area contributed by atoms with E-state index in [9.17, 15) is 29.8 Å². The minimum Gasteiger partial charge on any atom is -0.321 e. The van der Waals surface area contributed by atoms with Gasteiger partial charge in [-0.1, -0.05) is 61.5 Å². The van der Waals surface area contributed by atoms with Crippen molar-refractivity contribution in [2.24, 2.45) is 0 Å². The maximum absolute atomic E-state index is 13.5. The van der Waals surface area contributed by atoms with Crippen LogP contribution in [0, 0.1) is 21.4 Å². The van der Waals surface area contributed by atoms with E-state index in [1.165, 1.54) is 53.4 Å². The van der Waals surface area contributed by atoms with E-state index in [2.05, 4.69) is 22.0 Å². The second-order valence-electron chi connectivity index (χ2n) is 10.5. The molecule has 0 aliphatic carbocycles. The summed E-state index contributed by atoms with van der Waals surface area (Å²) >= 11 is 2.61. The van der Waals surface area contributed by atoms with E-state index in [0.29, 0.717) is 38.7 Å². The Balaban J connectivity index is 1.31. The van der Waals surface area contributed by atoms with Gasteiger partial charge in [0.1, 0.15) is 16.8 Å². The lowest BCUT2D eigenvalue weighted by Crippen LogP contribution is -2.30. The van der Waals surface area contributed by atoms with Crippen LogP contribution in [0.25, 0.3) is 17.2 Å². The van der Waals surface area contributed by atoms with Crippen molar-refractivity contribution in [1.82, 2.24) is 5.32 Å². The molecule has 3 amide bonds. The Kier molecular flexibility index (Phi) is 11.3. The number of anilines is 2. The highest BCUT2D eigenvalue weighted by molar-refractivity contribution is 8.00. The van der Waals surface area contributed by atoms with Crippen LogP contribution < -0.4 is 16.0 Å². The number of non-ortho nitro benzene ring substituents is 1. The van der Waals surface area contributed by atoms with Crippen molar-refractivity contribution in [3.63, 3.8) is 0 Å². The third-order valence-electron chi connectivity index (χ3n) is 7.20. The van der Waals surface area contributed by atoms with Gasteiger partial charge in [-0.25, -0.2) is 0 Å². The fraction of sp³-hybridized carbons (Fsp3) is 0.0811. The zero-order valence-corrected chi connectivity index (χ0v) is 27.7. The zero-order chi connectivity index (χ0) is 34.8. The van der Waals surface area contributed by atoms with Gasteiger partial charge in [0.15, 0.2) is 0 Å². The number of rotatable bonds is 12. The van der Waals surface area contributed by atoms with E-state index in [1.807, 2.05) is 48.7 Å². The van der Waals surface area contributed by atoms with Crippen LogP contribution in [0.1, 0.15) is 34.8 Å². The van der Waals surface area contributed by atoms with Crippen LogP contribution in [0.5, 0.6) is 0 Å². The Morgan fingerprint density at radius 3 is 2.29 bits per heavy atom. The number of carbonyl (C=O) groups excluding carboxylic acids is 3. The third kappa shape index (κ3) is 8.86. The lowest BCUT2D eigenvalue weighted by molar-refractivity contribution is -0.384. The van der Waals surface area contributed by atoms with Gasteiger partial charge >= 0.3 is 0 Å². The van der Waals surface area contributed by atoms with Gasteiger partial charge in [0, 0.05) is 39.2 Å². The number of thiophene rings is 1. The van der Waals surface area contributed by atoms with Gasteiger partial charge in [0.2, 0.25) is 5.91 Å². The number of benzene rings is 4. The van der Waals surface area contributed by atoms with E-state index < -0.39 is 22.0 Å². The molecule has 0 fully saturated rings. The standard InChI is InChI=1S/C37H29N5O5S2/c1-2-33(36(45)41-37-30(22-38)31(23-48-37)25-10-5-3-6-11-25)49-29-15-9-14-27(21-29)39-35(44)32(40-34(43)26-12-7-4-8-13-26)20-24-16-18-28(19-17-24)42(46)47/h3-21,23,33H,2H2,1H3,(H,39,44)(H,40,43)(H,41,45)/b32-20+. The van der Waals surface area contributed by atoms with Crippen LogP contribution in [0.2, 0.25) is 0 Å². The van der Waals surface area contributed by atoms with Crippen molar-refractivity contribution < 1.29 is 19.3 Å². The Morgan fingerprint density at radius 2 is 1.63 bits per heavy atom. The number of carbonyl (C=O) groups is 3. The maximum Gasteiger partial charge on any atom is 0.272 e. The first-order chi connectivity index (χ1) is 23.7. The van der Waals surface area contributed by atoms with Gasteiger partial charge in [-0.3, -0.25) is 24.5 Å². The van der Waals surface area contributed by atoms with Crippen molar-refractivity contribution in [3.05, 3.63) is 147 Å². The van der Waals surface area contributed by atoms with Gasteiger partial charge in [-0.15, -0.1) is 23.1 Å². The van der Waals surface area contributed by atoms with Gasteiger partial charge in [0.25, 0.3) is 17.5 Å². The molecule has 1 aromatic heterocycles. The molecule has 12 heteroatoms. The Hall–Kier alpha value is -6.03. The molecule has 1 heterocycles. The van der Waals surface area contributed by atoms with Crippen molar-refractivity contribution in [2.45, 2.75) is 23.5 Å². The van der Waals surface area contributed by atoms with Gasteiger partial charge < -0.3 is 16.0 Å². The minimum absolute atomic E-state index is 0.0781. The summed E-state index contributed by atoms with van der Waals surface area (Å²) < 4.78 is 0. The quantitative estimate of drug-likeness (QED) is 0.0518. The summed E-state index contributed by atoms with van der Waals surface area (Å²) in [5, 5.41) is 31.2. The summed E-state index contributed by atoms with van der Waals surface area (Å²) in [6.45, 7) is 1.89. The van der Waals surface area contributed by atoms with Gasteiger partial charge in [-0.05, 0) is 66.1 Å². The molecule has 4 aromatic carbocycles. The Morgan fingerprint density at radius 1 is 0.939 bits per heavy atom. The highest BCUT2D eigenvalue weighted by atomic mass is 32.2. The van der Waals surface area contributed by atoms with Crippen LogP contribution >= 0.6 is 23.1 Å². The first kappa shape index (κ1) is 34.3. The molecule has 0 spiro atoms. The summed E-state index contributed by atoms with van der Waals surface area (Å²) in [7, 11) is 0. The van der Waals surface area contributed by atoms with E-state index >= 15 is 0 Å². The molecule has 244 valence electrons. The van der Waals surface area contributed by atoms with E-state index in [0.717, 1.165) is 11.1 Å². The monoisotopic (exact) mass is 687 g/mol. The number of nitrogens with zero attached hydrogens (tertiary/aromatic N) is 2. The Labute approximate surface area is 290 Å². The van der Waals surface area contributed by atoms with E-state index in [4.69, 9.17) is 0 Å². The molecule has 0 saturated carbocycles. The topological polar surface area (TPSA) is 154 Å². The van der Waals surface area contributed by atoms with Gasteiger partial charge in [0.05, 0.1) is 15.7 Å². The number of nitrogens with one attached hydrogen (secondary N) is 3. The largest absolute Gasteiger partial charge is 0.321 e. The molecular formula is C37H29N5O5S2. The highest BCUT2D eigenvalue weighted by Gasteiger charge is 2.22. The molecular weight excluding hydrogens is 659 g/mol. The third-order valence-corrected chi connectivity index (χ3v) is 9.46. The van der Waals surface area contributed by atoms with Crippen LogP contribution in [0.4, 0.5) is 16.4 Å². The number of nitriles is 1. The van der Waals surface area contributed by atoms with Gasteiger partial charge in [-0.2, -0.15) is 5.26 Å². The van der Waals surface area contributed by atoms with Crippen LogP contribution in [-0.4, -0.2) is 27.9 Å². The molecule has 5 aromatic rings. The van der Waals surface area contributed by atoms with Crippen LogP contribution in [0.3, 0.4) is 0 Å². The Bertz CT molecular complexity index is 2060. The average Bonchev–Trinajstić information content (AvgIpc) is 3.53. The molecule has 1 atom stereocenters. The summed E-state index contributed by atoms with van der Waals surface area (Å²) in [5.41, 5.74) is 3.10. The predicted molar refractivity (Wildman–Crippen MR) is 193 cm³/mol. The number of amides is 3. The lowest BCUT2D eigenvalue weighted by atomic mass is 10.1. The summed E-state index contributed by atoms with van der Waals surface area (Å²) in [4.78, 5) is 51.2. The predicted octanol–water partition coefficient (Wildman–Crippen LogP) is 8.11. The number of thioether (sulfide) groups is 1. The van der Waals surface area contributed by atoms with Crippen molar-refractivity contribution >= 4 is 63.3 Å². The molecule has 0 radical (unpaired) electrons. The summed E-state index contributed by atoms with van der Waals surface area (Å²) in [6.07, 6.45) is 1.93.